The molecule has 0 saturated carbocycles. The molecule has 4 rings (SSSR count). The maximum Gasteiger partial charge on any atom is 0.308 e. The predicted molar refractivity (Wildman–Crippen MR) is 116 cm³/mol. The Balaban J connectivity index is 1.54. The number of thiazole rings is 1. The van der Waals surface area contributed by atoms with Gasteiger partial charge in [0.25, 0.3) is 0 Å². The quantitative estimate of drug-likeness (QED) is 0.391. The van der Waals surface area contributed by atoms with Crippen LogP contribution in [-0.2, 0) is 22.5 Å². The molecule has 2 aromatic heterocycles. The van der Waals surface area contributed by atoms with Crippen molar-refractivity contribution in [3.8, 4) is 11.3 Å². The van der Waals surface area contributed by atoms with Crippen LogP contribution in [0, 0.1) is 0 Å². The van der Waals surface area contributed by atoms with Gasteiger partial charge >= 0.3 is 5.97 Å². The van der Waals surface area contributed by atoms with Crippen molar-refractivity contribution in [1.29, 1.82) is 0 Å². The molecular weight excluding hydrogens is 388 g/mol. The molecule has 0 unspecified atom stereocenters. The Kier molecular flexibility index (Phi) is 5.25. The lowest BCUT2D eigenvalue weighted by Crippen LogP contribution is -2.29. The van der Waals surface area contributed by atoms with Gasteiger partial charge in [0.1, 0.15) is 5.60 Å². The lowest BCUT2D eigenvalue weighted by atomic mass is 10.1. The van der Waals surface area contributed by atoms with E-state index in [4.69, 9.17) is 9.72 Å². The number of carbonyl (C=O) groups excluding carboxylic acids is 1. The third-order valence-corrected chi connectivity index (χ3v) is 6.49. The standard InChI is InChI=1S/C22H24N2O2S2/c1-22(2,3)26-19(25)10-11-24(14-16-8-6-12-27-16)21-23-20-17-9-5-4-7-15(17)13-18(20)28-21/h4-9,12H,10-11,13-14H2,1-3H3. The second-order valence-electron chi connectivity index (χ2n) is 7.94. The first-order valence-electron chi connectivity index (χ1n) is 9.46. The molecule has 0 spiro atoms. The van der Waals surface area contributed by atoms with Gasteiger partial charge in [-0.25, -0.2) is 4.98 Å². The highest BCUT2D eigenvalue weighted by Gasteiger charge is 2.25. The average Bonchev–Trinajstić information content (AvgIpc) is 3.32. The summed E-state index contributed by atoms with van der Waals surface area (Å²) in [5.41, 5.74) is 3.23. The van der Waals surface area contributed by atoms with Crippen molar-refractivity contribution in [3.63, 3.8) is 0 Å². The van der Waals surface area contributed by atoms with Crippen LogP contribution in [0.5, 0.6) is 0 Å². The highest BCUT2D eigenvalue weighted by Crippen LogP contribution is 2.42. The molecule has 3 aromatic rings. The first-order chi connectivity index (χ1) is 13.4. The molecule has 0 N–H and O–H groups in total. The molecule has 1 aromatic carbocycles. The molecule has 1 aliphatic carbocycles. The number of rotatable bonds is 6. The fourth-order valence-corrected chi connectivity index (χ4v) is 5.18. The third kappa shape index (κ3) is 4.28. The van der Waals surface area contributed by atoms with Crippen molar-refractivity contribution in [1.82, 2.24) is 4.98 Å². The molecule has 146 valence electrons. The molecule has 1 aliphatic rings. The second-order valence-corrected chi connectivity index (χ2v) is 10.0. The van der Waals surface area contributed by atoms with Crippen LogP contribution in [0.15, 0.2) is 41.8 Å². The van der Waals surface area contributed by atoms with Crippen molar-refractivity contribution in [2.75, 3.05) is 11.4 Å². The number of esters is 1. The van der Waals surface area contributed by atoms with Crippen LogP contribution < -0.4 is 4.90 Å². The Hall–Kier alpha value is -2.18. The van der Waals surface area contributed by atoms with Gasteiger partial charge in [0.15, 0.2) is 5.13 Å². The van der Waals surface area contributed by atoms with Crippen molar-refractivity contribution in [2.45, 2.75) is 45.8 Å². The summed E-state index contributed by atoms with van der Waals surface area (Å²) in [5.74, 6) is -0.168. The van der Waals surface area contributed by atoms with Gasteiger partial charge in [-0.2, -0.15) is 0 Å². The number of hydrogen-bond donors (Lipinski definition) is 0. The topological polar surface area (TPSA) is 42.4 Å². The Labute approximate surface area is 173 Å². The van der Waals surface area contributed by atoms with Gasteiger partial charge in [0.2, 0.25) is 0 Å². The number of fused-ring (bicyclic) bond motifs is 3. The van der Waals surface area contributed by atoms with E-state index in [9.17, 15) is 4.79 Å². The molecule has 0 bridgehead atoms. The van der Waals surface area contributed by atoms with Crippen LogP contribution in [0.1, 0.15) is 42.5 Å². The lowest BCUT2D eigenvalue weighted by Gasteiger charge is -2.23. The summed E-state index contributed by atoms with van der Waals surface area (Å²) in [4.78, 5) is 22.0. The van der Waals surface area contributed by atoms with E-state index >= 15 is 0 Å². The zero-order valence-corrected chi connectivity index (χ0v) is 18.0. The fourth-order valence-electron chi connectivity index (χ4n) is 3.34. The molecule has 0 fully saturated rings. The van der Waals surface area contributed by atoms with Crippen LogP contribution in [0.2, 0.25) is 0 Å². The van der Waals surface area contributed by atoms with E-state index in [2.05, 4.69) is 46.7 Å². The Morgan fingerprint density at radius 3 is 2.79 bits per heavy atom. The SMILES string of the molecule is CC(C)(C)OC(=O)CCN(Cc1cccs1)c1nc2c(s1)Cc1ccccc1-2. The number of hydrogen-bond acceptors (Lipinski definition) is 6. The van der Waals surface area contributed by atoms with Gasteiger partial charge < -0.3 is 9.64 Å². The highest BCUT2D eigenvalue weighted by atomic mass is 32.1. The first-order valence-corrected chi connectivity index (χ1v) is 11.2. The number of nitrogens with zero attached hydrogens (tertiary/aromatic N) is 2. The summed E-state index contributed by atoms with van der Waals surface area (Å²) in [6.07, 6.45) is 1.30. The van der Waals surface area contributed by atoms with Gasteiger partial charge in [0, 0.05) is 28.3 Å². The summed E-state index contributed by atoms with van der Waals surface area (Å²) in [5, 5.41) is 3.07. The van der Waals surface area contributed by atoms with Crippen LogP contribution in [0.25, 0.3) is 11.3 Å². The van der Waals surface area contributed by atoms with E-state index in [0.29, 0.717) is 13.0 Å². The summed E-state index contributed by atoms with van der Waals surface area (Å²) in [6, 6.07) is 12.7. The normalized spacial score (nSPS) is 12.5. The first kappa shape index (κ1) is 19.2. The molecule has 28 heavy (non-hydrogen) atoms. The molecule has 0 saturated heterocycles. The monoisotopic (exact) mass is 412 g/mol. The van der Waals surface area contributed by atoms with E-state index in [1.165, 1.54) is 20.9 Å². The van der Waals surface area contributed by atoms with Gasteiger partial charge in [-0.05, 0) is 37.8 Å². The van der Waals surface area contributed by atoms with Crippen LogP contribution in [0.4, 0.5) is 5.13 Å². The van der Waals surface area contributed by atoms with E-state index in [0.717, 1.165) is 23.8 Å². The smallest absolute Gasteiger partial charge is 0.308 e. The van der Waals surface area contributed by atoms with E-state index in [1.807, 2.05) is 20.8 Å². The summed E-state index contributed by atoms with van der Waals surface area (Å²) < 4.78 is 5.49. The minimum atomic E-state index is -0.457. The molecule has 2 heterocycles. The van der Waals surface area contributed by atoms with Crippen LogP contribution >= 0.6 is 22.7 Å². The van der Waals surface area contributed by atoms with Crippen molar-refractivity contribution in [2.24, 2.45) is 0 Å². The molecule has 6 heteroatoms. The average molecular weight is 413 g/mol. The van der Waals surface area contributed by atoms with Crippen molar-refractivity contribution < 1.29 is 9.53 Å². The molecule has 0 atom stereocenters. The third-order valence-electron chi connectivity index (χ3n) is 4.51. The van der Waals surface area contributed by atoms with Crippen LogP contribution in [0.3, 0.4) is 0 Å². The minimum Gasteiger partial charge on any atom is -0.460 e. The number of aromatic nitrogens is 1. The van der Waals surface area contributed by atoms with Crippen molar-refractivity contribution >= 4 is 33.8 Å². The number of ether oxygens (including phenoxy) is 1. The van der Waals surface area contributed by atoms with Crippen LogP contribution in [-0.4, -0.2) is 23.1 Å². The zero-order valence-electron chi connectivity index (χ0n) is 16.4. The van der Waals surface area contributed by atoms with Gasteiger partial charge in [-0.15, -0.1) is 22.7 Å². The summed E-state index contributed by atoms with van der Waals surface area (Å²) in [6.45, 7) is 7.06. The molecule has 4 nitrogen and oxygen atoms in total. The maximum absolute atomic E-state index is 12.2. The predicted octanol–water partition coefficient (Wildman–Crippen LogP) is 5.51. The lowest BCUT2D eigenvalue weighted by molar-refractivity contribution is -0.154. The van der Waals surface area contributed by atoms with Gasteiger partial charge in [0.05, 0.1) is 18.7 Å². The summed E-state index contributed by atoms with van der Waals surface area (Å²) in [7, 11) is 0. The Bertz CT molecular complexity index is 971. The fraction of sp³-hybridized carbons (Fsp3) is 0.364. The number of anilines is 1. The molecular formula is C22H24N2O2S2. The zero-order chi connectivity index (χ0) is 19.7. The van der Waals surface area contributed by atoms with E-state index in [1.54, 1.807) is 22.7 Å². The van der Waals surface area contributed by atoms with E-state index in [-0.39, 0.29) is 5.97 Å². The van der Waals surface area contributed by atoms with E-state index < -0.39 is 5.60 Å². The highest BCUT2D eigenvalue weighted by molar-refractivity contribution is 7.16. The Morgan fingerprint density at radius 1 is 1.21 bits per heavy atom. The maximum atomic E-state index is 12.2. The van der Waals surface area contributed by atoms with Gasteiger partial charge in [-0.3, -0.25) is 4.79 Å². The number of thiophene rings is 1. The summed E-state index contributed by atoms with van der Waals surface area (Å²) >= 11 is 3.47. The minimum absolute atomic E-state index is 0.168. The van der Waals surface area contributed by atoms with Gasteiger partial charge in [-0.1, -0.05) is 30.3 Å². The number of carbonyl (C=O) groups is 1. The Morgan fingerprint density at radius 2 is 2.04 bits per heavy atom. The second kappa shape index (κ2) is 7.68. The largest absolute Gasteiger partial charge is 0.460 e. The molecule has 0 aliphatic heterocycles. The number of benzene rings is 1. The molecule has 0 radical (unpaired) electrons. The molecule has 0 amide bonds. The van der Waals surface area contributed by atoms with Crippen molar-refractivity contribution in [3.05, 3.63) is 57.1 Å².